The standard InChI is InChI=1S/C29H32N2O4/c1-17(2)20-8-10-22(11-9-20)35-15-14-21-6-5-7-25-28(21)24(29(34)31-25)16-26-18(3)23(19(4)30-26)12-13-27(32)33/h5-11,16-17,30H,12-15H2,1-4H3,(H,31,34)(H,32,33). The van der Waals surface area contributed by atoms with Crippen molar-refractivity contribution in [3.8, 4) is 5.75 Å². The number of benzene rings is 2. The van der Waals surface area contributed by atoms with E-state index in [1.54, 1.807) is 0 Å². The van der Waals surface area contributed by atoms with E-state index >= 15 is 0 Å². The molecule has 35 heavy (non-hydrogen) atoms. The largest absolute Gasteiger partial charge is 0.493 e. The first kappa shape index (κ1) is 24.3. The first-order valence-electron chi connectivity index (χ1n) is 12.0. The van der Waals surface area contributed by atoms with Crippen LogP contribution in [0, 0.1) is 13.8 Å². The van der Waals surface area contributed by atoms with Crippen molar-refractivity contribution in [1.29, 1.82) is 0 Å². The highest BCUT2D eigenvalue weighted by molar-refractivity contribution is 6.35. The zero-order valence-corrected chi connectivity index (χ0v) is 20.7. The van der Waals surface area contributed by atoms with Crippen LogP contribution in [-0.4, -0.2) is 28.6 Å². The lowest BCUT2D eigenvalue weighted by Gasteiger charge is -2.11. The molecule has 1 amide bonds. The zero-order valence-electron chi connectivity index (χ0n) is 20.7. The van der Waals surface area contributed by atoms with E-state index in [2.05, 4.69) is 36.3 Å². The van der Waals surface area contributed by atoms with Crippen molar-refractivity contribution in [1.82, 2.24) is 4.98 Å². The third kappa shape index (κ3) is 5.32. The van der Waals surface area contributed by atoms with Crippen molar-refractivity contribution >= 4 is 29.2 Å². The second-order valence-corrected chi connectivity index (χ2v) is 9.33. The number of hydrogen-bond donors (Lipinski definition) is 3. The molecular formula is C29H32N2O4. The molecule has 2 aromatic carbocycles. The highest BCUT2D eigenvalue weighted by Crippen LogP contribution is 2.37. The topological polar surface area (TPSA) is 91.4 Å². The molecule has 0 saturated carbocycles. The Morgan fingerprint density at radius 2 is 1.83 bits per heavy atom. The van der Waals surface area contributed by atoms with Gasteiger partial charge in [-0.3, -0.25) is 9.59 Å². The predicted molar refractivity (Wildman–Crippen MR) is 139 cm³/mol. The van der Waals surface area contributed by atoms with E-state index in [4.69, 9.17) is 9.84 Å². The van der Waals surface area contributed by atoms with Crippen LogP contribution in [0.25, 0.3) is 11.6 Å². The Morgan fingerprint density at radius 1 is 1.09 bits per heavy atom. The lowest BCUT2D eigenvalue weighted by atomic mass is 9.97. The zero-order chi connectivity index (χ0) is 25.1. The van der Waals surface area contributed by atoms with Crippen LogP contribution in [0.3, 0.4) is 0 Å². The van der Waals surface area contributed by atoms with E-state index < -0.39 is 5.97 Å². The maximum atomic E-state index is 12.9. The summed E-state index contributed by atoms with van der Waals surface area (Å²) in [6, 6.07) is 14.1. The summed E-state index contributed by atoms with van der Waals surface area (Å²) in [5.74, 6) is 0.345. The third-order valence-corrected chi connectivity index (χ3v) is 6.61. The van der Waals surface area contributed by atoms with Gasteiger partial charge in [0.1, 0.15) is 5.75 Å². The third-order valence-electron chi connectivity index (χ3n) is 6.61. The van der Waals surface area contributed by atoms with Crippen LogP contribution in [0.15, 0.2) is 42.5 Å². The van der Waals surface area contributed by atoms with Crippen LogP contribution in [0.2, 0.25) is 0 Å². The van der Waals surface area contributed by atoms with Crippen LogP contribution >= 0.6 is 0 Å². The van der Waals surface area contributed by atoms with Gasteiger partial charge in [0.05, 0.1) is 12.2 Å². The fourth-order valence-corrected chi connectivity index (χ4v) is 4.61. The summed E-state index contributed by atoms with van der Waals surface area (Å²) < 4.78 is 5.99. The number of rotatable bonds is 9. The maximum Gasteiger partial charge on any atom is 0.303 e. The number of aliphatic carboxylic acids is 1. The molecule has 0 aliphatic carbocycles. The second-order valence-electron chi connectivity index (χ2n) is 9.33. The lowest BCUT2D eigenvalue weighted by molar-refractivity contribution is -0.137. The number of aryl methyl sites for hydroxylation is 1. The van der Waals surface area contributed by atoms with Crippen LogP contribution in [-0.2, 0) is 22.4 Å². The summed E-state index contributed by atoms with van der Waals surface area (Å²) in [6.45, 7) is 8.73. The Morgan fingerprint density at radius 3 is 2.51 bits per heavy atom. The van der Waals surface area contributed by atoms with Gasteiger partial charge in [-0.15, -0.1) is 0 Å². The Bertz CT molecular complexity index is 1280. The minimum Gasteiger partial charge on any atom is -0.493 e. The molecule has 6 nitrogen and oxygen atoms in total. The average Bonchev–Trinajstić information content (AvgIpc) is 3.28. The molecule has 0 spiro atoms. The van der Waals surface area contributed by atoms with Crippen molar-refractivity contribution in [3.05, 3.63) is 81.7 Å². The molecule has 1 aromatic heterocycles. The van der Waals surface area contributed by atoms with Crippen molar-refractivity contribution in [2.75, 3.05) is 11.9 Å². The fourth-order valence-electron chi connectivity index (χ4n) is 4.61. The molecule has 0 bridgehead atoms. The van der Waals surface area contributed by atoms with Crippen LogP contribution in [0.5, 0.6) is 5.75 Å². The van der Waals surface area contributed by atoms with Crippen molar-refractivity contribution in [3.63, 3.8) is 0 Å². The van der Waals surface area contributed by atoms with E-state index in [9.17, 15) is 9.59 Å². The van der Waals surface area contributed by atoms with Gasteiger partial charge in [-0.25, -0.2) is 0 Å². The summed E-state index contributed by atoms with van der Waals surface area (Å²) >= 11 is 0. The number of carboxylic acid groups (broad SMARTS) is 1. The maximum absolute atomic E-state index is 12.9. The SMILES string of the molecule is Cc1[nH]c(C=C2C(=O)Nc3cccc(CCOc4ccc(C(C)C)cc4)c32)c(C)c1CCC(=O)O. The number of carbonyl (C=O) groups is 2. The summed E-state index contributed by atoms with van der Waals surface area (Å²) in [5, 5.41) is 12.0. The molecule has 0 fully saturated rings. The number of aromatic amines is 1. The van der Waals surface area contributed by atoms with Gasteiger partial charge >= 0.3 is 5.97 Å². The van der Waals surface area contributed by atoms with E-state index in [0.717, 1.165) is 45.1 Å². The van der Waals surface area contributed by atoms with Crippen LogP contribution in [0.1, 0.15) is 65.4 Å². The molecule has 3 aromatic rings. The van der Waals surface area contributed by atoms with E-state index in [1.165, 1.54) is 5.56 Å². The Kier molecular flexibility index (Phi) is 7.10. The van der Waals surface area contributed by atoms with Crippen LogP contribution < -0.4 is 10.1 Å². The minimum atomic E-state index is -0.822. The van der Waals surface area contributed by atoms with Crippen LogP contribution in [0.4, 0.5) is 5.69 Å². The Balaban J connectivity index is 1.56. The highest BCUT2D eigenvalue weighted by atomic mass is 16.5. The molecule has 0 unspecified atom stereocenters. The first-order valence-corrected chi connectivity index (χ1v) is 12.0. The number of carboxylic acids is 1. The van der Waals surface area contributed by atoms with E-state index in [0.29, 0.717) is 30.9 Å². The molecular weight excluding hydrogens is 440 g/mol. The van der Waals surface area contributed by atoms with Gasteiger partial charge in [0.25, 0.3) is 5.91 Å². The smallest absolute Gasteiger partial charge is 0.303 e. The van der Waals surface area contributed by atoms with Gasteiger partial charge in [-0.1, -0.05) is 38.1 Å². The average molecular weight is 473 g/mol. The number of hydrogen-bond acceptors (Lipinski definition) is 3. The molecule has 0 radical (unpaired) electrons. The number of anilines is 1. The number of amides is 1. The van der Waals surface area contributed by atoms with Gasteiger partial charge in [-0.05, 0) is 72.7 Å². The normalized spacial score (nSPS) is 13.9. The number of ether oxygens (including phenoxy) is 1. The molecule has 182 valence electrons. The van der Waals surface area contributed by atoms with Gasteiger partial charge < -0.3 is 20.1 Å². The van der Waals surface area contributed by atoms with Gasteiger partial charge in [-0.2, -0.15) is 0 Å². The number of carbonyl (C=O) groups excluding carboxylic acids is 1. The van der Waals surface area contributed by atoms with Gasteiger partial charge in [0.15, 0.2) is 0 Å². The number of aromatic nitrogens is 1. The highest BCUT2D eigenvalue weighted by Gasteiger charge is 2.27. The Hall–Kier alpha value is -3.80. The quantitative estimate of drug-likeness (QED) is 0.339. The monoisotopic (exact) mass is 472 g/mol. The van der Waals surface area contributed by atoms with Crippen molar-refractivity contribution in [2.24, 2.45) is 0 Å². The Labute approximate surface area is 206 Å². The molecule has 0 atom stereocenters. The molecule has 0 saturated heterocycles. The van der Waals surface area contributed by atoms with Gasteiger partial charge in [0, 0.05) is 35.5 Å². The minimum absolute atomic E-state index is 0.0726. The summed E-state index contributed by atoms with van der Waals surface area (Å²) in [4.78, 5) is 27.3. The van der Waals surface area contributed by atoms with E-state index in [1.807, 2.05) is 50.3 Å². The second kappa shape index (κ2) is 10.2. The molecule has 3 N–H and O–H groups in total. The predicted octanol–water partition coefficient (Wildman–Crippen LogP) is 5.89. The van der Waals surface area contributed by atoms with Crippen molar-refractivity contribution in [2.45, 2.75) is 52.9 Å². The molecule has 6 heteroatoms. The van der Waals surface area contributed by atoms with Crippen molar-refractivity contribution < 1.29 is 19.4 Å². The molecule has 2 heterocycles. The molecule has 4 rings (SSSR count). The first-order chi connectivity index (χ1) is 16.7. The summed E-state index contributed by atoms with van der Waals surface area (Å²) in [5.41, 5.74) is 8.34. The van der Waals surface area contributed by atoms with E-state index in [-0.39, 0.29) is 12.3 Å². The summed E-state index contributed by atoms with van der Waals surface area (Å²) in [7, 11) is 0. The number of H-pyrrole nitrogens is 1. The molecule has 1 aliphatic heterocycles. The lowest BCUT2D eigenvalue weighted by Crippen LogP contribution is -2.05. The summed E-state index contributed by atoms with van der Waals surface area (Å²) in [6.07, 6.45) is 3.07. The number of nitrogens with one attached hydrogen (secondary N) is 2. The van der Waals surface area contributed by atoms with Gasteiger partial charge in [0.2, 0.25) is 0 Å². The molecule has 1 aliphatic rings. The fraction of sp³-hybridized carbons (Fsp3) is 0.310. The number of fused-ring (bicyclic) bond motifs is 1.